The zero-order chi connectivity index (χ0) is 22.0. The molecule has 0 saturated carbocycles. The highest BCUT2D eigenvalue weighted by Crippen LogP contribution is 2.41. The van der Waals surface area contributed by atoms with E-state index < -0.39 is 23.1 Å². The standard InChI is InChI=1S/C23H42O6/c1-10-17(20(24)29-21(5,6)7)23(25-13-14-26-23)12-11-18-16(4)19(15(2)3)28-22(8,9)27-18/h15-19H,10-14H2,1-9H3/t16-,17?,18-,19+/m1/s1. The second kappa shape index (κ2) is 9.21. The van der Waals surface area contributed by atoms with Crippen LogP contribution in [0.2, 0.25) is 0 Å². The van der Waals surface area contributed by atoms with Crippen LogP contribution < -0.4 is 0 Å². The van der Waals surface area contributed by atoms with Crippen molar-refractivity contribution in [3.8, 4) is 0 Å². The van der Waals surface area contributed by atoms with E-state index in [0.717, 1.165) is 6.42 Å². The van der Waals surface area contributed by atoms with Crippen LogP contribution in [0.15, 0.2) is 0 Å². The van der Waals surface area contributed by atoms with Gasteiger partial charge in [-0.2, -0.15) is 0 Å². The number of rotatable bonds is 7. The lowest BCUT2D eigenvalue weighted by Gasteiger charge is -2.47. The van der Waals surface area contributed by atoms with Crippen LogP contribution in [0.3, 0.4) is 0 Å². The van der Waals surface area contributed by atoms with Crippen LogP contribution in [-0.4, -0.2) is 48.6 Å². The number of carbonyl (C=O) groups excluding carboxylic acids is 1. The molecule has 29 heavy (non-hydrogen) atoms. The smallest absolute Gasteiger partial charge is 0.314 e. The maximum atomic E-state index is 12.9. The van der Waals surface area contributed by atoms with Crippen molar-refractivity contribution < 1.29 is 28.5 Å². The summed E-state index contributed by atoms with van der Waals surface area (Å²) in [4.78, 5) is 12.9. The van der Waals surface area contributed by atoms with E-state index >= 15 is 0 Å². The summed E-state index contributed by atoms with van der Waals surface area (Å²) in [5.41, 5.74) is -0.545. The SMILES string of the molecule is CCC(C(=O)OC(C)(C)C)C1(CC[C@H]2OC(C)(C)O[C@@H](C(C)C)[C@@H]2C)OCCO1. The highest BCUT2D eigenvalue weighted by molar-refractivity contribution is 5.74. The zero-order valence-corrected chi connectivity index (χ0v) is 19.9. The van der Waals surface area contributed by atoms with E-state index in [9.17, 15) is 4.79 Å². The number of esters is 1. The fraction of sp³-hybridized carbons (Fsp3) is 0.957. The number of carbonyl (C=O) groups is 1. The van der Waals surface area contributed by atoms with Crippen molar-refractivity contribution >= 4 is 5.97 Å². The molecule has 6 heteroatoms. The van der Waals surface area contributed by atoms with Crippen LogP contribution in [0.4, 0.5) is 0 Å². The molecule has 0 aromatic heterocycles. The van der Waals surface area contributed by atoms with Gasteiger partial charge in [0.1, 0.15) is 11.5 Å². The first-order valence-corrected chi connectivity index (χ1v) is 11.2. The Balaban J connectivity index is 2.16. The molecule has 0 aromatic rings. The van der Waals surface area contributed by atoms with Crippen molar-refractivity contribution in [3.63, 3.8) is 0 Å². The lowest BCUT2D eigenvalue weighted by atomic mass is 9.83. The predicted octanol–water partition coefficient (Wildman–Crippen LogP) is 4.69. The summed E-state index contributed by atoms with van der Waals surface area (Å²) in [5.74, 6) is -1.67. The maximum Gasteiger partial charge on any atom is 0.314 e. The molecule has 0 N–H and O–H groups in total. The van der Waals surface area contributed by atoms with Crippen LogP contribution in [-0.2, 0) is 28.5 Å². The van der Waals surface area contributed by atoms with Crippen LogP contribution in [0.5, 0.6) is 0 Å². The van der Waals surface area contributed by atoms with Gasteiger partial charge in [0.2, 0.25) is 0 Å². The first kappa shape index (κ1) is 24.6. The molecule has 0 aromatic carbocycles. The normalized spacial score (nSPS) is 30.3. The van der Waals surface area contributed by atoms with Crippen molar-refractivity contribution in [2.75, 3.05) is 13.2 Å². The molecular formula is C23H42O6. The monoisotopic (exact) mass is 414 g/mol. The Morgan fingerprint density at radius 1 is 1.14 bits per heavy atom. The zero-order valence-electron chi connectivity index (χ0n) is 19.9. The molecule has 6 nitrogen and oxygen atoms in total. The molecule has 0 aliphatic carbocycles. The van der Waals surface area contributed by atoms with E-state index in [0.29, 0.717) is 32.0 Å². The Bertz CT molecular complexity index is 544. The summed E-state index contributed by atoms with van der Waals surface area (Å²) in [6, 6.07) is 0. The molecule has 0 spiro atoms. The number of hydrogen-bond donors (Lipinski definition) is 0. The third-order valence-corrected chi connectivity index (χ3v) is 5.80. The summed E-state index contributed by atoms with van der Waals surface area (Å²) in [6.07, 6.45) is 2.04. The largest absolute Gasteiger partial charge is 0.460 e. The molecule has 2 aliphatic rings. The molecule has 0 amide bonds. The van der Waals surface area contributed by atoms with E-state index in [2.05, 4.69) is 20.8 Å². The van der Waals surface area contributed by atoms with Crippen molar-refractivity contribution in [3.05, 3.63) is 0 Å². The molecule has 2 rings (SSSR count). The van der Waals surface area contributed by atoms with Crippen molar-refractivity contribution in [2.24, 2.45) is 17.8 Å². The topological polar surface area (TPSA) is 63.2 Å². The van der Waals surface area contributed by atoms with E-state index in [1.54, 1.807) is 0 Å². The fourth-order valence-electron chi connectivity index (χ4n) is 4.58. The Morgan fingerprint density at radius 3 is 2.21 bits per heavy atom. The third-order valence-electron chi connectivity index (χ3n) is 5.80. The molecule has 2 fully saturated rings. The third kappa shape index (κ3) is 6.16. The minimum Gasteiger partial charge on any atom is -0.460 e. The molecule has 0 bridgehead atoms. The summed E-state index contributed by atoms with van der Waals surface area (Å²) >= 11 is 0. The second-order valence-corrected chi connectivity index (χ2v) is 10.3. The summed E-state index contributed by atoms with van der Waals surface area (Å²) in [5, 5.41) is 0. The summed E-state index contributed by atoms with van der Waals surface area (Å²) < 4.78 is 30.3. The van der Waals surface area contributed by atoms with E-state index in [1.165, 1.54) is 0 Å². The lowest BCUT2D eigenvalue weighted by molar-refractivity contribution is -0.329. The first-order chi connectivity index (χ1) is 13.3. The van der Waals surface area contributed by atoms with E-state index in [4.69, 9.17) is 23.7 Å². The van der Waals surface area contributed by atoms with Gasteiger partial charge in [-0.25, -0.2) is 0 Å². The van der Waals surface area contributed by atoms with E-state index in [-0.39, 0.29) is 24.1 Å². The van der Waals surface area contributed by atoms with Crippen LogP contribution in [0, 0.1) is 17.8 Å². The lowest BCUT2D eigenvalue weighted by Crippen LogP contribution is -2.53. The predicted molar refractivity (Wildman–Crippen MR) is 111 cm³/mol. The Morgan fingerprint density at radius 2 is 1.72 bits per heavy atom. The highest BCUT2D eigenvalue weighted by atomic mass is 16.7. The minimum absolute atomic E-state index is 0.00645. The van der Waals surface area contributed by atoms with Gasteiger partial charge in [0.25, 0.3) is 0 Å². The van der Waals surface area contributed by atoms with Gasteiger partial charge in [0.15, 0.2) is 11.6 Å². The van der Waals surface area contributed by atoms with Gasteiger partial charge in [0, 0.05) is 12.3 Å². The van der Waals surface area contributed by atoms with Crippen molar-refractivity contribution in [1.29, 1.82) is 0 Å². The minimum atomic E-state index is -0.948. The molecule has 2 aliphatic heterocycles. The first-order valence-electron chi connectivity index (χ1n) is 11.2. The quantitative estimate of drug-likeness (QED) is 0.563. The van der Waals surface area contributed by atoms with Gasteiger partial charge in [0.05, 0.1) is 25.4 Å². The fourth-order valence-corrected chi connectivity index (χ4v) is 4.58. The summed E-state index contributed by atoms with van der Waals surface area (Å²) in [7, 11) is 0. The van der Waals surface area contributed by atoms with E-state index in [1.807, 2.05) is 41.5 Å². The molecule has 2 saturated heterocycles. The molecular weight excluding hydrogens is 372 g/mol. The van der Waals surface area contributed by atoms with Gasteiger partial charge in [-0.1, -0.05) is 27.7 Å². The number of ether oxygens (including phenoxy) is 5. The van der Waals surface area contributed by atoms with Crippen LogP contribution >= 0.6 is 0 Å². The maximum absolute atomic E-state index is 12.9. The van der Waals surface area contributed by atoms with Gasteiger partial charge < -0.3 is 23.7 Å². The van der Waals surface area contributed by atoms with Gasteiger partial charge in [-0.3, -0.25) is 4.79 Å². The van der Waals surface area contributed by atoms with Crippen molar-refractivity contribution in [1.82, 2.24) is 0 Å². The van der Waals surface area contributed by atoms with Crippen LogP contribution in [0.25, 0.3) is 0 Å². The second-order valence-electron chi connectivity index (χ2n) is 10.3. The molecule has 4 atom stereocenters. The van der Waals surface area contributed by atoms with Gasteiger partial charge in [-0.05, 0) is 53.4 Å². The average Bonchev–Trinajstić information content (AvgIpc) is 3.03. The van der Waals surface area contributed by atoms with Gasteiger partial charge >= 0.3 is 5.97 Å². The Labute approximate surface area is 176 Å². The van der Waals surface area contributed by atoms with Crippen LogP contribution in [0.1, 0.15) is 81.6 Å². The molecule has 1 unspecified atom stereocenters. The Hall–Kier alpha value is -0.690. The Kier molecular flexibility index (Phi) is 7.80. The average molecular weight is 415 g/mol. The molecule has 0 radical (unpaired) electrons. The van der Waals surface area contributed by atoms with Gasteiger partial charge in [-0.15, -0.1) is 0 Å². The molecule has 2 heterocycles. The van der Waals surface area contributed by atoms with Crippen molar-refractivity contribution in [2.45, 2.75) is 111 Å². The number of hydrogen-bond acceptors (Lipinski definition) is 6. The molecule has 170 valence electrons. The highest BCUT2D eigenvalue weighted by Gasteiger charge is 2.50. The summed E-state index contributed by atoms with van der Waals surface area (Å²) in [6.45, 7) is 19.1.